The van der Waals surface area contributed by atoms with E-state index >= 15 is 0 Å². The van der Waals surface area contributed by atoms with Gasteiger partial charge in [-0.25, -0.2) is 9.97 Å². The quantitative estimate of drug-likeness (QED) is 0.0359. The van der Waals surface area contributed by atoms with Crippen LogP contribution in [0.4, 0.5) is 46.3 Å². The van der Waals surface area contributed by atoms with Gasteiger partial charge in [-0.1, -0.05) is 47.5 Å². The molecule has 6 amide bonds. The lowest BCUT2D eigenvalue weighted by Crippen LogP contribution is -2.53. The van der Waals surface area contributed by atoms with Gasteiger partial charge < -0.3 is 48.8 Å². The molecule has 6 saturated heterocycles. The standard InChI is InChI=1S/C82H94Cl2N22O10/c1-46(49-23-27-103(28-24-49)63-13-9-11-55-70(93-99(7)72(55)63)57-17-21-67(107)89-77(57)111)101-31-35-105(36-32-101)81-85-43-59(83)74(91-81)87-53-15-19-61-51(39-53)41-65(79(113)96(61)4)115-45-69(109)98(6)95-76(110)48(3)116-66-42-52-40-54(16-20-62(52)97(5)80(66)114)88-75-60(84)44-86-82(92-75)106-37-33-102(34-38-106)47(2)50-25-29-104(30-26-50)64-14-10-12-56-71(94-100(8)73(56)64)58-18-22-68(108)90-78(58)112/h9-16,19-20,39-44,46-50,57-58H,17-18,21-38,45H2,1-8H3,(H,95,110)(H,85,87,91)(H,86,88,92)(H,89,107,111)(H,90,108,112)/t46-,47-,48?,57?,58?/m1/s1. The first kappa shape index (κ1) is 78.4. The number of carbonyl (C=O) groups is 6. The van der Waals surface area contributed by atoms with Crippen molar-refractivity contribution in [3.8, 4) is 11.5 Å². The number of imide groups is 2. The van der Waals surface area contributed by atoms with Crippen LogP contribution in [0.5, 0.6) is 11.5 Å². The third-order valence-corrected chi connectivity index (χ3v) is 25.0. The molecular formula is C82H94Cl2N22O10. The topological polar surface area (TPSA) is 335 Å². The maximum Gasteiger partial charge on any atom is 0.293 e. The third-order valence-electron chi connectivity index (χ3n) is 24.4. The molecule has 6 aromatic heterocycles. The SMILES string of the molecule is CC(Oc1cc2cc(Nc3nc(N4CCN([C@H](C)C5CCN(c6cccc7c(C8CCC(=O)NC8=O)nn(C)c67)CC5)CC4)ncc3Cl)ccc2n(C)c1=O)C(=O)NN(C)C(=O)COc1cc2cc(Nc3nc(N4CCN([C@H](C)C5CCN(c6cccc7c(C8CCC(=O)NC8=O)nn(C)c67)CC5)CC4)ncc3Cl)ccc2n(C)c1=O. The van der Waals surface area contributed by atoms with Crippen molar-refractivity contribution < 1.29 is 38.2 Å². The number of hydrogen-bond donors (Lipinski definition) is 5. The van der Waals surface area contributed by atoms with Gasteiger partial charge in [-0.05, 0) is 132 Å². The van der Waals surface area contributed by atoms with Crippen molar-refractivity contribution in [2.45, 2.75) is 102 Å². The molecule has 3 unspecified atom stereocenters. The highest BCUT2D eigenvalue weighted by atomic mass is 35.5. The number of rotatable bonds is 20. The van der Waals surface area contributed by atoms with Crippen molar-refractivity contribution in [2.24, 2.45) is 40.0 Å². The molecule has 5 N–H and O–H groups in total. The van der Waals surface area contributed by atoms with Crippen molar-refractivity contribution in [3.05, 3.63) is 139 Å². The number of ether oxygens (including phenoxy) is 2. The summed E-state index contributed by atoms with van der Waals surface area (Å²) >= 11 is 13.5. The van der Waals surface area contributed by atoms with E-state index in [1.807, 2.05) is 72.0 Å². The highest BCUT2D eigenvalue weighted by Crippen LogP contribution is 2.41. The molecule has 6 aliphatic heterocycles. The highest BCUT2D eigenvalue weighted by Gasteiger charge is 2.38. The van der Waals surface area contributed by atoms with Gasteiger partial charge in [0.05, 0.1) is 69.1 Å². The molecule has 32 nitrogen and oxygen atoms in total. The lowest BCUT2D eigenvalue weighted by Gasteiger charge is -2.43. The largest absolute Gasteiger partial charge is 0.478 e. The number of benzene rings is 4. The molecule has 0 saturated carbocycles. The Hall–Kier alpha value is -11.5. The van der Waals surface area contributed by atoms with Crippen LogP contribution in [0.3, 0.4) is 0 Å². The summed E-state index contributed by atoms with van der Waals surface area (Å²) in [6.07, 6.45) is 7.51. The zero-order valence-electron chi connectivity index (χ0n) is 66.1. The summed E-state index contributed by atoms with van der Waals surface area (Å²) in [5.74, 6) is -0.761. The van der Waals surface area contributed by atoms with Crippen molar-refractivity contribution in [2.75, 3.05) is 122 Å². The maximum absolute atomic E-state index is 13.8. The van der Waals surface area contributed by atoms with E-state index < -0.39 is 47.5 Å². The van der Waals surface area contributed by atoms with E-state index in [0.29, 0.717) is 116 Å². The number of nitrogens with zero attached hydrogens (tertiary/aromatic N) is 17. The van der Waals surface area contributed by atoms with Gasteiger partial charge in [-0.2, -0.15) is 20.2 Å². The van der Waals surface area contributed by atoms with Crippen LogP contribution in [-0.4, -0.2) is 209 Å². The second-order valence-corrected chi connectivity index (χ2v) is 32.1. The molecule has 116 heavy (non-hydrogen) atoms. The molecule has 0 radical (unpaired) electrons. The second kappa shape index (κ2) is 32.7. The summed E-state index contributed by atoms with van der Waals surface area (Å²) in [7, 11) is 8.39. The summed E-state index contributed by atoms with van der Waals surface area (Å²) in [5, 5.41) is 26.0. The number of carbonyl (C=O) groups excluding carboxylic acids is 6. The Balaban J connectivity index is 0.488. The molecule has 6 fully saturated rings. The number of anilines is 8. The lowest BCUT2D eigenvalue weighted by atomic mass is 9.88. The van der Waals surface area contributed by atoms with Crippen LogP contribution in [0.25, 0.3) is 43.6 Å². The Morgan fingerprint density at radius 2 is 0.974 bits per heavy atom. The number of piperidine rings is 4. The van der Waals surface area contributed by atoms with Crippen LogP contribution in [0.15, 0.2) is 107 Å². The summed E-state index contributed by atoms with van der Waals surface area (Å²) < 4.78 is 18.5. The molecule has 4 aromatic carbocycles. The molecule has 0 aliphatic carbocycles. The van der Waals surface area contributed by atoms with E-state index in [0.717, 1.165) is 154 Å². The maximum atomic E-state index is 13.8. The fourth-order valence-electron chi connectivity index (χ4n) is 17.6. The van der Waals surface area contributed by atoms with Crippen molar-refractivity contribution in [1.82, 2.24) is 79.5 Å². The molecule has 10 aromatic rings. The molecule has 12 heterocycles. The van der Waals surface area contributed by atoms with Crippen LogP contribution in [0, 0.1) is 11.8 Å². The Labute approximate surface area is 678 Å². The Morgan fingerprint density at radius 1 is 0.543 bits per heavy atom. The van der Waals surface area contributed by atoms with E-state index in [1.165, 1.54) is 23.1 Å². The monoisotopic (exact) mass is 1620 g/mol. The fraction of sp³-hybridized carbons (Fsp3) is 0.439. The van der Waals surface area contributed by atoms with Crippen molar-refractivity contribution >= 4 is 149 Å². The number of nitrogens with one attached hydrogen (secondary N) is 5. The predicted octanol–water partition coefficient (Wildman–Crippen LogP) is 7.77. The molecule has 0 spiro atoms. The van der Waals surface area contributed by atoms with E-state index in [4.69, 9.17) is 52.8 Å². The first-order valence-electron chi connectivity index (χ1n) is 39.7. The molecule has 606 valence electrons. The number of aryl methyl sites for hydroxylation is 4. The minimum Gasteiger partial charge on any atom is -0.478 e. The molecule has 5 atom stereocenters. The predicted molar refractivity (Wildman–Crippen MR) is 444 cm³/mol. The van der Waals surface area contributed by atoms with Gasteiger partial charge in [-0.15, -0.1) is 0 Å². The molecule has 16 rings (SSSR count). The minimum absolute atomic E-state index is 0.106. The summed E-state index contributed by atoms with van der Waals surface area (Å²) in [6.45, 7) is 15.3. The number of likely N-dealkylation sites (N-methyl/N-ethyl adjacent to an activating group) is 1. The van der Waals surface area contributed by atoms with Gasteiger partial charge in [0.15, 0.2) is 35.8 Å². The van der Waals surface area contributed by atoms with Gasteiger partial charge in [-0.3, -0.25) is 78.6 Å². The molecule has 6 aliphatic rings. The number of hydrogen-bond acceptors (Lipinski definition) is 24. The van der Waals surface area contributed by atoms with Crippen LogP contribution in [0.2, 0.25) is 10.0 Å². The first-order chi connectivity index (χ1) is 55.9. The Kier molecular flexibility index (Phi) is 22.1. The van der Waals surface area contributed by atoms with Crippen molar-refractivity contribution in [1.29, 1.82) is 0 Å². The summed E-state index contributed by atoms with van der Waals surface area (Å²) in [6, 6.07) is 27.0. The number of pyridine rings is 2. The minimum atomic E-state index is -1.26. The third kappa shape index (κ3) is 15.7. The number of aromatic nitrogens is 10. The van der Waals surface area contributed by atoms with Crippen LogP contribution < -0.4 is 66.9 Å². The molecule has 34 heteroatoms. The van der Waals surface area contributed by atoms with Crippen LogP contribution in [-0.2, 0) is 57.0 Å². The average molecular weight is 1620 g/mol. The van der Waals surface area contributed by atoms with Crippen LogP contribution in [0.1, 0.15) is 95.4 Å². The smallest absolute Gasteiger partial charge is 0.293 e. The normalized spacial score (nSPS) is 19.2. The van der Waals surface area contributed by atoms with E-state index in [2.05, 4.69) is 92.0 Å². The second-order valence-electron chi connectivity index (χ2n) is 31.3. The summed E-state index contributed by atoms with van der Waals surface area (Å²) in [5.41, 5.74) is 9.58. The molecular weight excluding hydrogens is 1520 g/mol. The number of piperazine rings is 2. The lowest BCUT2D eigenvalue weighted by molar-refractivity contribution is -0.143. The number of para-hydroxylation sites is 2. The average Bonchev–Trinajstić information content (AvgIpc) is 1.58. The zero-order chi connectivity index (χ0) is 81.1. The first-order valence-corrected chi connectivity index (χ1v) is 40.4. The zero-order valence-corrected chi connectivity index (χ0v) is 67.6. The summed E-state index contributed by atoms with van der Waals surface area (Å²) in [4.78, 5) is 138. The van der Waals surface area contributed by atoms with Crippen LogP contribution >= 0.6 is 23.2 Å². The van der Waals surface area contributed by atoms with Gasteiger partial charge in [0.25, 0.3) is 22.9 Å². The van der Waals surface area contributed by atoms with E-state index in [1.54, 1.807) is 50.8 Å². The molecule has 0 bridgehead atoms. The number of amides is 6. The Morgan fingerprint density at radius 3 is 1.41 bits per heavy atom. The fourth-order valence-corrected chi connectivity index (χ4v) is 17.9. The number of hydrazine groups is 1. The highest BCUT2D eigenvalue weighted by molar-refractivity contribution is 6.33. The van der Waals surface area contributed by atoms with E-state index in [9.17, 15) is 38.4 Å². The van der Waals surface area contributed by atoms with E-state index in [-0.39, 0.29) is 35.1 Å². The number of fused-ring (bicyclic) bond motifs is 4. The van der Waals surface area contributed by atoms with Gasteiger partial charge in [0.2, 0.25) is 35.5 Å². The number of halogens is 2. The van der Waals surface area contributed by atoms with Gasteiger partial charge in [0.1, 0.15) is 10.0 Å². The Bertz CT molecular complexity index is 5660. The van der Waals surface area contributed by atoms with Gasteiger partial charge in [0, 0.05) is 172 Å². The van der Waals surface area contributed by atoms with Crippen molar-refractivity contribution in [3.63, 3.8) is 0 Å². The van der Waals surface area contributed by atoms with Gasteiger partial charge >= 0.3 is 0 Å².